The molecule has 0 bridgehead atoms. The minimum absolute atomic E-state index is 0.158. The molecule has 1 unspecified atom stereocenters. The molecule has 5 nitrogen and oxygen atoms in total. The van der Waals surface area contributed by atoms with Crippen LogP contribution < -0.4 is 10.4 Å². The molecule has 2 heterocycles. The Morgan fingerprint density at radius 1 is 1.30 bits per heavy atom. The molecule has 5 heteroatoms. The third-order valence-corrected chi connectivity index (χ3v) is 3.29. The lowest BCUT2D eigenvalue weighted by atomic mass is 10.0. The molecule has 0 amide bonds. The van der Waals surface area contributed by atoms with Gasteiger partial charge in [-0.25, -0.2) is 9.59 Å². The molecule has 1 atom stereocenters. The number of carbonyl (C=O) groups is 1. The van der Waals surface area contributed by atoms with Gasteiger partial charge in [-0.2, -0.15) is 0 Å². The molecule has 1 aliphatic rings. The highest BCUT2D eigenvalue weighted by atomic mass is 16.5. The number of carbonyl (C=O) groups excluding carboxylic acids is 1. The zero-order chi connectivity index (χ0) is 14.3. The maximum absolute atomic E-state index is 11.6. The first-order valence-corrected chi connectivity index (χ1v) is 6.09. The van der Waals surface area contributed by atoms with E-state index in [4.69, 9.17) is 13.9 Å². The SMILES string of the molecule is C=C1CC(c2ccc3cc(OC)c(=O)oc3c2)OC1=O. The van der Waals surface area contributed by atoms with Crippen molar-refractivity contribution in [3.8, 4) is 5.75 Å². The molecular weight excluding hydrogens is 260 g/mol. The van der Waals surface area contributed by atoms with Gasteiger partial charge in [0.2, 0.25) is 5.75 Å². The molecular formula is C15H12O5. The summed E-state index contributed by atoms with van der Waals surface area (Å²) in [6.45, 7) is 3.65. The second kappa shape index (κ2) is 4.52. The fourth-order valence-corrected chi connectivity index (χ4v) is 2.20. The Morgan fingerprint density at radius 3 is 2.75 bits per heavy atom. The summed E-state index contributed by atoms with van der Waals surface area (Å²) in [5.74, 6) is -0.225. The number of hydrogen-bond donors (Lipinski definition) is 0. The summed E-state index contributed by atoms with van der Waals surface area (Å²) in [6.07, 6.45) is 0.0804. The van der Waals surface area contributed by atoms with Crippen molar-refractivity contribution in [1.29, 1.82) is 0 Å². The highest BCUT2D eigenvalue weighted by molar-refractivity contribution is 5.90. The van der Waals surface area contributed by atoms with Crippen LogP contribution in [0.4, 0.5) is 0 Å². The van der Waals surface area contributed by atoms with Crippen LogP contribution in [0.1, 0.15) is 18.1 Å². The van der Waals surface area contributed by atoms with Gasteiger partial charge in [-0.05, 0) is 17.7 Å². The molecule has 1 aromatic carbocycles. The van der Waals surface area contributed by atoms with E-state index in [0.717, 1.165) is 10.9 Å². The second-order valence-corrected chi connectivity index (χ2v) is 4.60. The maximum Gasteiger partial charge on any atom is 0.379 e. The Hall–Kier alpha value is -2.56. The van der Waals surface area contributed by atoms with Gasteiger partial charge < -0.3 is 13.9 Å². The summed E-state index contributed by atoms with van der Waals surface area (Å²) in [5, 5.41) is 0.744. The Morgan fingerprint density at radius 2 is 2.10 bits per heavy atom. The molecule has 20 heavy (non-hydrogen) atoms. The third-order valence-electron chi connectivity index (χ3n) is 3.29. The summed E-state index contributed by atoms with van der Waals surface area (Å²) >= 11 is 0. The van der Waals surface area contributed by atoms with Crippen LogP contribution in [-0.2, 0) is 9.53 Å². The van der Waals surface area contributed by atoms with Crippen molar-refractivity contribution in [2.45, 2.75) is 12.5 Å². The molecule has 3 rings (SSSR count). The van der Waals surface area contributed by atoms with Crippen LogP contribution in [0, 0.1) is 0 Å². The Balaban J connectivity index is 2.05. The molecule has 0 N–H and O–H groups in total. The van der Waals surface area contributed by atoms with Crippen molar-refractivity contribution >= 4 is 16.9 Å². The van der Waals surface area contributed by atoms with E-state index in [2.05, 4.69) is 6.58 Å². The van der Waals surface area contributed by atoms with Crippen LogP contribution in [0.3, 0.4) is 0 Å². The second-order valence-electron chi connectivity index (χ2n) is 4.60. The van der Waals surface area contributed by atoms with E-state index in [-0.39, 0.29) is 17.8 Å². The predicted octanol–water partition coefficient (Wildman–Crippen LogP) is 2.35. The number of cyclic esters (lactones) is 1. The van der Waals surface area contributed by atoms with E-state index >= 15 is 0 Å². The molecule has 1 fully saturated rings. The Labute approximate surface area is 114 Å². The monoisotopic (exact) mass is 272 g/mol. The molecule has 0 saturated carbocycles. The Kier molecular flexibility index (Phi) is 2.82. The molecule has 2 aromatic rings. The van der Waals surface area contributed by atoms with E-state index in [1.165, 1.54) is 7.11 Å². The van der Waals surface area contributed by atoms with Gasteiger partial charge in [0.15, 0.2) is 0 Å². The van der Waals surface area contributed by atoms with E-state index in [1.54, 1.807) is 18.2 Å². The van der Waals surface area contributed by atoms with Crippen LogP contribution in [0.25, 0.3) is 11.0 Å². The lowest BCUT2D eigenvalue weighted by Crippen LogP contribution is -2.04. The highest BCUT2D eigenvalue weighted by Gasteiger charge is 2.28. The van der Waals surface area contributed by atoms with Gasteiger partial charge in [0.05, 0.1) is 7.11 Å². The zero-order valence-corrected chi connectivity index (χ0v) is 10.8. The van der Waals surface area contributed by atoms with Gasteiger partial charge in [-0.3, -0.25) is 0 Å². The molecule has 1 aliphatic heterocycles. The molecule has 0 aliphatic carbocycles. The van der Waals surface area contributed by atoms with Gasteiger partial charge >= 0.3 is 11.6 Å². The number of rotatable bonds is 2. The van der Waals surface area contributed by atoms with Crippen LogP contribution in [0.2, 0.25) is 0 Å². The summed E-state index contributed by atoms with van der Waals surface area (Å²) in [6, 6.07) is 6.95. The van der Waals surface area contributed by atoms with Crippen molar-refractivity contribution in [2.75, 3.05) is 7.11 Å². The first-order chi connectivity index (χ1) is 9.58. The molecule has 0 spiro atoms. The van der Waals surface area contributed by atoms with Gasteiger partial charge in [0.1, 0.15) is 11.7 Å². The first kappa shape index (κ1) is 12.5. The summed E-state index contributed by atoms with van der Waals surface area (Å²) in [7, 11) is 1.41. The fraction of sp³-hybridized carbons (Fsp3) is 0.200. The first-order valence-electron chi connectivity index (χ1n) is 6.09. The van der Waals surface area contributed by atoms with Crippen LogP contribution in [-0.4, -0.2) is 13.1 Å². The van der Waals surface area contributed by atoms with Crippen molar-refractivity contribution in [3.05, 3.63) is 52.4 Å². The van der Waals surface area contributed by atoms with E-state index in [0.29, 0.717) is 17.6 Å². The summed E-state index contributed by atoms with van der Waals surface area (Å²) in [4.78, 5) is 23.0. The van der Waals surface area contributed by atoms with Crippen molar-refractivity contribution in [3.63, 3.8) is 0 Å². The third kappa shape index (κ3) is 1.97. The van der Waals surface area contributed by atoms with Gasteiger partial charge in [-0.15, -0.1) is 0 Å². The smallest absolute Gasteiger partial charge is 0.379 e. The normalized spacial score (nSPS) is 18.4. The average molecular weight is 272 g/mol. The van der Waals surface area contributed by atoms with Crippen LogP contribution in [0.5, 0.6) is 5.75 Å². The van der Waals surface area contributed by atoms with E-state index in [1.807, 2.05) is 6.07 Å². The lowest BCUT2D eigenvalue weighted by Gasteiger charge is -2.09. The maximum atomic E-state index is 11.6. The van der Waals surface area contributed by atoms with Gasteiger partial charge in [0, 0.05) is 17.4 Å². The van der Waals surface area contributed by atoms with Crippen LogP contribution >= 0.6 is 0 Å². The standard InChI is InChI=1S/C15H12O5/c1-8-5-11(19-14(8)16)9-3-4-10-7-13(18-2)15(17)20-12(10)6-9/h3-4,6-7,11H,1,5H2,2H3. The quantitative estimate of drug-likeness (QED) is 0.477. The number of benzene rings is 1. The van der Waals surface area contributed by atoms with E-state index < -0.39 is 5.63 Å². The number of methoxy groups -OCH3 is 1. The molecule has 0 radical (unpaired) electrons. The highest BCUT2D eigenvalue weighted by Crippen LogP contribution is 2.33. The molecule has 102 valence electrons. The number of fused-ring (bicyclic) bond motifs is 1. The fourth-order valence-electron chi connectivity index (χ4n) is 2.20. The summed E-state index contributed by atoms with van der Waals surface area (Å²) < 4.78 is 15.3. The van der Waals surface area contributed by atoms with E-state index in [9.17, 15) is 9.59 Å². The zero-order valence-electron chi connectivity index (χ0n) is 10.8. The number of hydrogen-bond acceptors (Lipinski definition) is 5. The predicted molar refractivity (Wildman–Crippen MR) is 71.6 cm³/mol. The minimum Gasteiger partial charge on any atom is -0.490 e. The average Bonchev–Trinajstić information content (AvgIpc) is 2.77. The van der Waals surface area contributed by atoms with Gasteiger partial charge in [-0.1, -0.05) is 18.7 Å². The largest absolute Gasteiger partial charge is 0.490 e. The molecule has 1 saturated heterocycles. The Bertz CT molecular complexity index is 755. The van der Waals surface area contributed by atoms with Crippen molar-refractivity contribution in [2.24, 2.45) is 0 Å². The van der Waals surface area contributed by atoms with Gasteiger partial charge in [0.25, 0.3) is 0 Å². The minimum atomic E-state index is -0.537. The van der Waals surface area contributed by atoms with Crippen molar-refractivity contribution in [1.82, 2.24) is 0 Å². The number of ether oxygens (including phenoxy) is 2. The topological polar surface area (TPSA) is 65.7 Å². The summed E-state index contributed by atoms with van der Waals surface area (Å²) in [5.41, 5.74) is 1.12. The lowest BCUT2D eigenvalue weighted by molar-refractivity contribution is -0.139. The molecule has 1 aromatic heterocycles. The number of esters is 1. The van der Waals surface area contributed by atoms with Crippen molar-refractivity contribution < 1.29 is 18.7 Å². The van der Waals surface area contributed by atoms with Crippen LogP contribution in [0.15, 0.2) is 45.6 Å².